The fraction of sp³-hybridized carbons (Fsp3) is 0.538. The van der Waals surface area contributed by atoms with Crippen molar-refractivity contribution in [3.8, 4) is 0 Å². The molecule has 5 heteroatoms. The van der Waals surface area contributed by atoms with E-state index in [-0.39, 0.29) is 12.1 Å². The number of H-pyrrole nitrogens is 1. The number of aromatic nitrogens is 1. The zero-order valence-electron chi connectivity index (χ0n) is 11.3. The first-order valence-corrected chi connectivity index (χ1v) is 5.87. The molecule has 1 heterocycles. The van der Waals surface area contributed by atoms with Crippen molar-refractivity contribution in [2.75, 3.05) is 6.61 Å². The number of aryl methyl sites for hydroxylation is 1. The molecule has 0 aliphatic rings. The molecular weight excluding hydrogens is 234 g/mol. The van der Waals surface area contributed by atoms with Gasteiger partial charge >= 0.3 is 12.1 Å². The molecule has 0 atom stereocenters. The van der Waals surface area contributed by atoms with Gasteiger partial charge in [0.15, 0.2) is 0 Å². The van der Waals surface area contributed by atoms with Crippen LogP contribution in [0.5, 0.6) is 0 Å². The maximum atomic E-state index is 11.6. The molecule has 18 heavy (non-hydrogen) atoms. The Morgan fingerprint density at radius 3 is 2.28 bits per heavy atom. The van der Waals surface area contributed by atoms with Crippen LogP contribution in [0.15, 0.2) is 0 Å². The number of carbonyl (C=O) groups is 1. The van der Waals surface area contributed by atoms with Crippen molar-refractivity contribution in [1.29, 1.82) is 0 Å². The topological polar surface area (TPSA) is 76.2 Å². The second-order valence-electron chi connectivity index (χ2n) is 3.78. The van der Waals surface area contributed by atoms with Gasteiger partial charge in [0, 0.05) is 5.69 Å². The van der Waals surface area contributed by atoms with E-state index >= 15 is 0 Å². The Bertz CT molecular complexity index is 428. The van der Waals surface area contributed by atoms with E-state index in [9.17, 15) is 4.79 Å². The van der Waals surface area contributed by atoms with Gasteiger partial charge in [-0.1, -0.05) is 13.3 Å². The summed E-state index contributed by atoms with van der Waals surface area (Å²) in [6.45, 7) is 8.34. The van der Waals surface area contributed by atoms with E-state index in [4.69, 9.17) is 14.3 Å². The first-order valence-electron chi connectivity index (χ1n) is 5.87. The highest BCUT2D eigenvalue weighted by Gasteiger charge is 2.17. The van der Waals surface area contributed by atoms with Crippen LogP contribution in [0.25, 0.3) is 0 Å². The number of aromatic amines is 1. The van der Waals surface area contributed by atoms with Gasteiger partial charge in [0.25, 0.3) is 0 Å². The largest absolute Gasteiger partial charge is 0.461 e. The summed E-state index contributed by atoms with van der Waals surface area (Å²) in [5.74, 6) is -0.250. The number of esters is 1. The van der Waals surface area contributed by atoms with Gasteiger partial charge in [-0.25, -0.2) is 4.79 Å². The number of rotatable bonds is 4. The number of carbonyl (C=O) groups excluding carboxylic acids is 3. The molecule has 0 aromatic carbocycles. The fourth-order valence-corrected chi connectivity index (χ4v) is 1.82. The van der Waals surface area contributed by atoms with Crippen LogP contribution in [0.3, 0.4) is 0 Å². The van der Waals surface area contributed by atoms with Crippen molar-refractivity contribution in [3.05, 3.63) is 22.5 Å². The lowest BCUT2D eigenvalue weighted by molar-refractivity contribution is -0.191. The third kappa shape index (κ3) is 4.18. The van der Waals surface area contributed by atoms with Crippen molar-refractivity contribution < 1.29 is 19.1 Å². The molecule has 5 nitrogen and oxygen atoms in total. The molecule has 1 aromatic heterocycles. The monoisotopic (exact) mass is 253 g/mol. The molecule has 1 N–H and O–H groups in total. The SMILES string of the molecule is CCCc1c(C)[nH]c(C(=O)OCC)c1C.O=C=O. The normalized spacial score (nSPS) is 9.11. The van der Waals surface area contributed by atoms with Gasteiger partial charge in [-0.2, -0.15) is 9.59 Å². The summed E-state index contributed by atoms with van der Waals surface area (Å²) in [5, 5.41) is 0. The van der Waals surface area contributed by atoms with Gasteiger partial charge < -0.3 is 9.72 Å². The van der Waals surface area contributed by atoms with Gasteiger partial charge in [0.2, 0.25) is 0 Å². The lowest BCUT2D eigenvalue weighted by atomic mass is 10.1. The maximum absolute atomic E-state index is 11.6. The van der Waals surface area contributed by atoms with E-state index in [2.05, 4.69) is 11.9 Å². The van der Waals surface area contributed by atoms with Crippen LogP contribution in [-0.4, -0.2) is 23.7 Å². The van der Waals surface area contributed by atoms with Crippen LogP contribution in [0.1, 0.15) is 47.6 Å². The van der Waals surface area contributed by atoms with Crippen molar-refractivity contribution in [1.82, 2.24) is 4.98 Å². The summed E-state index contributed by atoms with van der Waals surface area (Å²) in [6.07, 6.45) is 2.34. The molecule has 1 rings (SSSR count). The minimum absolute atomic E-state index is 0.250. The first kappa shape index (κ1) is 16.1. The molecule has 0 fully saturated rings. The first-order chi connectivity index (χ1) is 8.53. The van der Waals surface area contributed by atoms with Gasteiger partial charge in [0.1, 0.15) is 5.69 Å². The molecule has 0 aliphatic heterocycles. The van der Waals surface area contributed by atoms with Crippen molar-refractivity contribution in [2.45, 2.75) is 40.5 Å². The highest BCUT2D eigenvalue weighted by atomic mass is 16.5. The third-order valence-corrected chi connectivity index (χ3v) is 2.57. The number of hydrogen-bond acceptors (Lipinski definition) is 4. The van der Waals surface area contributed by atoms with Crippen LogP contribution in [0.2, 0.25) is 0 Å². The van der Waals surface area contributed by atoms with E-state index in [0.717, 1.165) is 24.1 Å². The highest BCUT2D eigenvalue weighted by Crippen LogP contribution is 2.20. The second-order valence-corrected chi connectivity index (χ2v) is 3.78. The van der Waals surface area contributed by atoms with E-state index in [1.165, 1.54) is 5.56 Å². The fourth-order valence-electron chi connectivity index (χ4n) is 1.82. The Hall–Kier alpha value is -1.87. The summed E-state index contributed by atoms with van der Waals surface area (Å²) in [7, 11) is 0. The Labute approximate surface area is 107 Å². The van der Waals surface area contributed by atoms with E-state index in [1.54, 1.807) is 0 Å². The molecule has 0 radical (unpaired) electrons. The third-order valence-electron chi connectivity index (χ3n) is 2.57. The molecular formula is C13H19NO4. The Morgan fingerprint density at radius 1 is 1.28 bits per heavy atom. The highest BCUT2D eigenvalue weighted by molar-refractivity contribution is 5.89. The summed E-state index contributed by atoms with van der Waals surface area (Å²) < 4.78 is 4.99. The predicted molar refractivity (Wildman–Crippen MR) is 65.2 cm³/mol. The van der Waals surface area contributed by atoms with Crippen LogP contribution >= 0.6 is 0 Å². The maximum Gasteiger partial charge on any atom is 0.373 e. The number of hydrogen-bond donors (Lipinski definition) is 1. The Kier molecular flexibility index (Phi) is 7.40. The molecule has 0 amide bonds. The van der Waals surface area contributed by atoms with Crippen molar-refractivity contribution in [2.24, 2.45) is 0 Å². The zero-order valence-corrected chi connectivity index (χ0v) is 11.3. The van der Waals surface area contributed by atoms with Crippen molar-refractivity contribution >= 4 is 12.1 Å². The van der Waals surface area contributed by atoms with Crippen molar-refractivity contribution in [3.63, 3.8) is 0 Å². The molecule has 1 aromatic rings. The van der Waals surface area contributed by atoms with Gasteiger partial charge in [-0.15, -0.1) is 0 Å². The number of ether oxygens (including phenoxy) is 1. The van der Waals surface area contributed by atoms with Gasteiger partial charge in [-0.3, -0.25) is 0 Å². The second kappa shape index (κ2) is 8.25. The summed E-state index contributed by atoms with van der Waals surface area (Å²) in [5.41, 5.74) is 3.98. The molecule has 0 spiro atoms. The number of nitrogens with one attached hydrogen (secondary N) is 1. The van der Waals surface area contributed by atoms with Crippen LogP contribution in [-0.2, 0) is 20.7 Å². The van der Waals surface area contributed by atoms with Crippen LogP contribution in [0, 0.1) is 13.8 Å². The Morgan fingerprint density at radius 2 is 1.83 bits per heavy atom. The Balaban J connectivity index is 0.000000873. The average molecular weight is 253 g/mol. The molecule has 0 saturated carbocycles. The van der Waals surface area contributed by atoms with Crippen LogP contribution < -0.4 is 0 Å². The van der Waals surface area contributed by atoms with Gasteiger partial charge in [0.05, 0.1) is 6.61 Å². The van der Waals surface area contributed by atoms with Crippen LogP contribution in [0.4, 0.5) is 0 Å². The van der Waals surface area contributed by atoms with Gasteiger partial charge in [-0.05, 0) is 38.3 Å². The lowest BCUT2D eigenvalue weighted by Gasteiger charge is -2.01. The summed E-state index contributed by atoms with van der Waals surface area (Å²) in [4.78, 5) is 30.9. The molecule has 100 valence electrons. The average Bonchev–Trinajstić information content (AvgIpc) is 2.59. The zero-order chi connectivity index (χ0) is 14.1. The summed E-state index contributed by atoms with van der Waals surface area (Å²) in [6, 6.07) is 0. The standard InChI is InChI=1S/C12H19NO2.CO2/c1-5-7-10-8(3)11(13-9(10)4)12(14)15-6-2;2-1-3/h13H,5-7H2,1-4H3;. The van der Waals surface area contributed by atoms with E-state index in [1.807, 2.05) is 20.8 Å². The molecule has 0 aliphatic carbocycles. The predicted octanol–water partition coefficient (Wildman–Crippen LogP) is 2.18. The lowest BCUT2D eigenvalue weighted by Crippen LogP contribution is -2.06. The molecule has 0 saturated heterocycles. The molecule has 0 bridgehead atoms. The summed E-state index contributed by atoms with van der Waals surface area (Å²) >= 11 is 0. The molecule has 0 unspecified atom stereocenters. The minimum Gasteiger partial charge on any atom is -0.461 e. The quantitative estimate of drug-likeness (QED) is 0.834. The van der Waals surface area contributed by atoms with E-state index < -0.39 is 0 Å². The minimum atomic E-state index is -0.250. The van der Waals surface area contributed by atoms with E-state index in [0.29, 0.717) is 12.3 Å². The smallest absolute Gasteiger partial charge is 0.373 e.